The molecular formula is C26H25N5O5. The zero-order valence-electron chi connectivity index (χ0n) is 20.3. The molecule has 0 saturated heterocycles. The molecule has 0 fully saturated rings. The fourth-order valence-corrected chi connectivity index (χ4v) is 3.40. The third-order valence-electron chi connectivity index (χ3n) is 5.16. The second kappa shape index (κ2) is 11.0. The van der Waals surface area contributed by atoms with Gasteiger partial charge in [0.1, 0.15) is 11.6 Å². The summed E-state index contributed by atoms with van der Waals surface area (Å²) in [5, 5.41) is 11.1. The molecule has 0 aliphatic rings. The molecule has 0 atom stereocenters. The van der Waals surface area contributed by atoms with E-state index in [4.69, 9.17) is 18.9 Å². The van der Waals surface area contributed by atoms with Crippen molar-refractivity contribution in [3.05, 3.63) is 78.4 Å². The number of imidazole rings is 1. The molecule has 1 N–H and O–H groups in total. The second-order valence-electron chi connectivity index (χ2n) is 7.48. The molecule has 0 saturated carbocycles. The summed E-state index contributed by atoms with van der Waals surface area (Å²) in [4.78, 5) is 16.6. The predicted octanol–water partition coefficient (Wildman–Crippen LogP) is 4.44. The third kappa shape index (κ3) is 5.61. The fraction of sp³-hybridized carbons (Fsp3) is 0.154. The van der Waals surface area contributed by atoms with Crippen LogP contribution in [0.25, 0.3) is 11.9 Å². The smallest absolute Gasteiger partial charge is 0.248 e. The number of anilines is 1. The molecule has 0 aliphatic carbocycles. The van der Waals surface area contributed by atoms with E-state index in [1.807, 2.05) is 17.7 Å². The number of ether oxygens (including phenoxy) is 4. The Morgan fingerprint density at radius 1 is 0.944 bits per heavy atom. The van der Waals surface area contributed by atoms with E-state index < -0.39 is 0 Å². The van der Waals surface area contributed by atoms with Crippen LogP contribution in [0.2, 0.25) is 0 Å². The highest BCUT2D eigenvalue weighted by atomic mass is 16.5. The minimum atomic E-state index is -0.298. The lowest BCUT2D eigenvalue weighted by molar-refractivity contribution is -0.111. The van der Waals surface area contributed by atoms with Gasteiger partial charge in [0, 0.05) is 30.2 Å². The van der Waals surface area contributed by atoms with Crippen LogP contribution in [0.15, 0.2) is 67.0 Å². The van der Waals surface area contributed by atoms with Crippen LogP contribution in [0.3, 0.4) is 0 Å². The number of carbonyl (C=O) groups excluding carboxylic acids is 1. The van der Waals surface area contributed by atoms with Gasteiger partial charge in [0.25, 0.3) is 0 Å². The maximum Gasteiger partial charge on any atom is 0.248 e. The fourth-order valence-electron chi connectivity index (χ4n) is 3.40. The Morgan fingerprint density at radius 3 is 2.22 bits per heavy atom. The maximum atomic E-state index is 12.4. The Labute approximate surface area is 208 Å². The molecule has 4 aromatic rings. The van der Waals surface area contributed by atoms with Gasteiger partial charge < -0.3 is 24.3 Å². The molecule has 0 radical (unpaired) electrons. The van der Waals surface area contributed by atoms with E-state index in [9.17, 15) is 4.79 Å². The molecule has 0 aliphatic heterocycles. The third-order valence-corrected chi connectivity index (χ3v) is 5.16. The van der Waals surface area contributed by atoms with Gasteiger partial charge in [-0.05, 0) is 61.0 Å². The van der Waals surface area contributed by atoms with Crippen LogP contribution in [-0.4, -0.2) is 47.0 Å². The van der Waals surface area contributed by atoms with Crippen molar-refractivity contribution in [2.24, 2.45) is 0 Å². The average molecular weight is 488 g/mol. The van der Waals surface area contributed by atoms with E-state index in [0.717, 1.165) is 11.4 Å². The van der Waals surface area contributed by atoms with E-state index in [-0.39, 0.29) is 5.91 Å². The van der Waals surface area contributed by atoms with Crippen LogP contribution in [-0.2, 0) is 4.79 Å². The number of carbonyl (C=O) groups is 1. The van der Waals surface area contributed by atoms with Crippen molar-refractivity contribution in [2.75, 3.05) is 26.6 Å². The van der Waals surface area contributed by atoms with Gasteiger partial charge in [-0.25, -0.2) is 4.98 Å². The zero-order chi connectivity index (χ0) is 25.5. The van der Waals surface area contributed by atoms with Crippen LogP contribution in [0, 0.1) is 6.92 Å². The highest BCUT2D eigenvalue weighted by Crippen LogP contribution is 2.38. The summed E-state index contributed by atoms with van der Waals surface area (Å²) in [6.07, 6.45) is 6.59. The molecule has 2 aromatic heterocycles. The Balaban J connectivity index is 1.36. The van der Waals surface area contributed by atoms with E-state index in [1.165, 1.54) is 27.4 Å². The van der Waals surface area contributed by atoms with Crippen molar-refractivity contribution in [3.63, 3.8) is 0 Å². The van der Waals surface area contributed by atoms with Gasteiger partial charge in [0.15, 0.2) is 17.3 Å². The van der Waals surface area contributed by atoms with E-state index in [0.29, 0.717) is 40.4 Å². The topological polar surface area (TPSA) is 110 Å². The van der Waals surface area contributed by atoms with Gasteiger partial charge in [0.05, 0.1) is 21.3 Å². The number of methoxy groups -OCH3 is 3. The number of hydrogen-bond donors (Lipinski definition) is 1. The number of nitrogens with one attached hydrogen (secondary N) is 1. The lowest BCUT2D eigenvalue weighted by Crippen LogP contribution is -2.07. The Bertz CT molecular complexity index is 1340. The standard InChI is InChI=1S/C26H25N5O5/c1-17-27-13-14-31(17)23-10-12-25(30-29-23)36-20-8-6-19(7-9-20)28-24(32)11-5-18-15-21(33-2)26(35-4)22(16-18)34-3/h5-16H,1-4H3,(H,28,32)/b11-5+. The average Bonchev–Trinajstić information content (AvgIpc) is 3.34. The van der Waals surface area contributed by atoms with Crippen molar-refractivity contribution in [3.8, 4) is 34.7 Å². The number of aromatic nitrogens is 4. The Morgan fingerprint density at radius 2 is 1.67 bits per heavy atom. The number of amides is 1. The van der Waals surface area contributed by atoms with Crippen molar-refractivity contribution in [1.29, 1.82) is 0 Å². The number of rotatable bonds is 9. The van der Waals surface area contributed by atoms with Crippen molar-refractivity contribution in [2.45, 2.75) is 6.92 Å². The van der Waals surface area contributed by atoms with Gasteiger partial charge in [-0.3, -0.25) is 9.36 Å². The summed E-state index contributed by atoms with van der Waals surface area (Å²) in [6, 6.07) is 14.0. The number of benzene rings is 2. The van der Waals surface area contributed by atoms with Crippen LogP contribution in [0.4, 0.5) is 5.69 Å². The summed E-state index contributed by atoms with van der Waals surface area (Å²) >= 11 is 0. The van der Waals surface area contributed by atoms with Gasteiger partial charge in [-0.15, -0.1) is 10.2 Å². The molecule has 2 heterocycles. The predicted molar refractivity (Wildman–Crippen MR) is 134 cm³/mol. The number of hydrogen-bond acceptors (Lipinski definition) is 8. The molecule has 10 heteroatoms. The van der Waals surface area contributed by atoms with E-state index in [2.05, 4.69) is 20.5 Å². The molecule has 4 rings (SSSR count). The highest BCUT2D eigenvalue weighted by molar-refractivity contribution is 6.02. The first kappa shape index (κ1) is 24.3. The first-order chi connectivity index (χ1) is 17.5. The maximum absolute atomic E-state index is 12.4. The molecule has 1 amide bonds. The van der Waals surface area contributed by atoms with Gasteiger partial charge >= 0.3 is 0 Å². The second-order valence-corrected chi connectivity index (χ2v) is 7.48. The van der Waals surface area contributed by atoms with Crippen LogP contribution < -0.4 is 24.3 Å². The SMILES string of the molecule is COc1cc(/C=C/C(=O)Nc2ccc(Oc3ccc(-n4ccnc4C)nn3)cc2)cc(OC)c1OC. The van der Waals surface area contributed by atoms with Gasteiger partial charge in [0.2, 0.25) is 17.5 Å². The largest absolute Gasteiger partial charge is 0.493 e. The van der Waals surface area contributed by atoms with E-state index in [1.54, 1.807) is 60.8 Å². The monoisotopic (exact) mass is 487 g/mol. The summed E-state index contributed by atoms with van der Waals surface area (Å²) in [5.41, 5.74) is 1.33. The summed E-state index contributed by atoms with van der Waals surface area (Å²) < 4.78 is 23.6. The van der Waals surface area contributed by atoms with Crippen LogP contribution in [0.1, 0.15) is 11.4 Å². The molecule has 36 heavy (non-hydrogen) atoms. The lowest BCUT2D eigenvalue weighted by atomic mass is 10.1. The molecular weight excluding hydrogens is 462 g/mol. The Hall–Kier alpha value is -4.86. The number of aryl methyl sites for hydroxylation is 1. The molecule has 0 spiro atoms. The minimum Gasteiger partial charge on any atom is -0.493 e. The van der Waals surface area contributed by atoms with E-state index >= 15 is 0 Å². The molecule has 2 aromatic carbocycles. The molecule has 0 unspecified atom stereocenters. The Kier molecular flexibility index (Phi) is 7.45. The molecule has 184 valence electrons. The lowest BCUT2D eigenvalue weighted by Gasteiger charge is -2.12. The van der Waals surface area contributed by atoms with Crippen LogP contribution in [0.5, 0.6) is 28.9 Å². The number of nitrogens with zero attached hydrogens (tertiary/aromatic N) is 4. The van der Waals surface area contributed by atoms with Crippen molar-refractivity contribution < 1.29 is 23.7 Å². The minimum absolute atomic E-state index is 0.298. The first-order valence-electron chi connectivity index (χ1n) is 10.9. The van der Waals surface area contributed by atoms with Gasteiger partial charge in [-0.1, -0.05) is 0 Å². The highest BCUT2D eigenvalue weighted by Gasteiger charge is 2.12. The summed E-state index contributed by atoms with van der Waals surface area (Å²) in [7, 11) is 4.61. The summed E-state index contributed by atoms with van der Waals surface area (Å²) in [5.74, 6) is 3.56. The van der Waals surface area contributed by atoms with Gasteiger partial charge in [-0.2, -0.15) is 0 Å². The molecule has 10 nitrogen and oxygen atoms in total. The normalized spacial score (nSPS) is 10.8. The first-order valence-corrected chi connectivity index (χ1v) is 10.9. The van der Waals surface area contributed by atoms with Crippen molar-refractivity contribution in [1.82, 2.24) is 19.7 Å². The van der Waals surface area contributed by atoms with Crippen molar-refractivity contribution >= 4 is 17.7 Å². The zero-order valence-corrected chi connectivity index (χ0v) is 20.3. The van der Waals surface area contributed by atoms with Crippen LogP contribution >= 0.6 is 0 Å². The molecule has 0 bridgehead atoms. The summed E-state index contributed by atoms with van der Waals surface area (Å²) in [6.45, 7) is 1.88. The quantitative estimate of drug-likeness (QED) is 0.345.